The maximum absolute atomic E-state index is 13.3. The summed E-state index contributed by atoms with van der Waals surface area (Å²) in [5.74, 6) is -1.59. The largest absolute Gasteiger partial charge is 0.358 e. The van der Waals surface area contributed by atoms with Crippen LogP contribution in [0.2, 0.25) is 5.02 Å². The molecule has 2 heterocycles. The van der Waals surface area contributed by atoms with E-state index < -0.39 is 5.92 Å². The molecule has 0 bridgehead atoms. The van der Waals surface area contributed by atoms with E-state index in [1.807, 2.05) is 24.3 Å². The molecule has 2 aromatic carbocycles. The lowest BCUT2D eigenvalue weighted by atomic mass is 9.88. The number of fused-ring (bicyclic) bond motifs is 2. The zero-order valence-corrected chi connectivity index (χ0v) is 16.9. The van der Waals surface area contributed by atoms with Crippen LogP contribution in [0.1, 0.15) is 21.8 Å². The molecule has 152 valence electrons. The Labute approximate surface area is 178 Å². The van der Waals surface area contributed by atoms with Gasteiger partial charge in [-0.2, -0.15) is 0 Å². The van der Waals surface area contributed by atoms with Crippen molar-refractivity contribution in [3.05, 3.63) is 71.0 Å². The highest BCUT2D eigenvalue weighted by molar-refractivity contribution is 6.30. The molecule has 3 amide bonds. The fourth-order valence-corrected chi connectivity index (χ4v) is 3.82. The van der Waals surface area contributed by atoms with Crippen molar-refractivity contribution in [1.29, 1.82) is 0 Å². The van der Waals surface area contributed by atoms with Crippen LogP contribution < -0.4 is 10.6 Å². The van der Waals surface area contributed by atoms with Crippen molar-refractivity contribution < 1.29 is 14.4 Å². The maximum Gasteiger partial charge on any atom is 0.254 e. The van der Waals surface area contributed by atoms with Crippen LogP contribution in [0, 0.1) is 0 Å². The van der Waals surface area contributed by atoms with Crippen molar-refractivity contribution >= 4 is 45.8 Å². The number of aromatic nitrogens is 1. The van der Waals surface area contributed by atoms with Crippen molar-refractivity contribution in [3.8, 4) is 0 Å². The molecule has 8 heteroatoms. The van der Waals surface area contributed by atoms with Gasteiger partial charge < -0.3 is 15.5 Å². The SMILES string of the molecule is CNC(=O)CN1C[C@@H](C(=O)Nc2cncc3ccccc23)c2cc(Cl)ccc2C1=O. The normalized spacial score (nSPS) is 15.6. The number of benzene rings is 2. The van der Waals surface area contributed by atoms with E-state index in [-0.39, 0.29) is 30.8 Å². The highest BCUT2D eigenvalue weighted by atomic mass is 35.5. The second-order valence-electron chi connectivity index (χ2n) is 7.04. The minimum absolute atomic E-state index is 0.0730. The molecule has 0 radical (unpaired) electrons. The number of anilines is 1. The van der Waals surface area contributed by atoms with Gasteiger partial charge in [-0.15, -0.1) is 0 Å². The van der Waals surface area contributed by atoms with E-state index in [0.717, 1.165) is 10.8 Å². The zero-order chi connectivity index (χ0) is 21.3. The molecule has 1 aromatic heterocycles. The molecule has 0 saturated carbocycles. The average molecular weight is 423 g/mol. The maximum atomic E-state index is 13.3. The Kier molecular flexibility index (Phi) is 5.37. The number of nitrogens with zero attached hydrogens (tertiary/aromatic N) is 2. The highest BCUT2D eigenvalue weighted by Gasteiger charge is 2.36. The van der Waals surface area contributed by atoms with Gasteiger partial charge in [0.15, 0.2) is 0 Å². The van der Waals surface area contributed by atoms with Gasteiger partial charge in [-0.05, 0) is 23.8 Å². The second-order valence-corrected chi connectivity index (χ2v) is 7.48. The summed E-state index contributed by atoms with van der Waals surface area (Å²) in [5, 5.41) is 7.64. The van der Waals surface area contributed by atoms with Crippen molar-refractivity contribution in [2.45, 2.75) is 5.92 Å². The topological polar surface area (TPSA) is 91.4 Å². The van der Waals surface area contributed by atoms with Crippen molar-refractivity contribution in [2.24, 2.45) is 0 Å². The first-order valence-corrected chi connectivity index (χ1v) is 9.78. The molecule has 7 nitrogen and oxygen atoms in total. The van der Waals surface area contributed by atoms with E-state index in [1.54, 1.807) is 30.6 Å². The molecule has 0 unspecified atom stereocenters. The van der Waals surface area contributed by atoms with Gasteiger partial charge >= 0.3 is 0 Å². The second kappa shape index (κ2) is 8.12. The molecule has 4 rings (SSSR count). The fourth-order valence-electron chi connectivity index (χ4n) is 3.64. The molecular weight excluding hydrogens is 404 g/mol. The smallest absolute Gasteiger partial charge is 0.254 e. The first-order valence-electron chi connectivity index (χ1n) is 9.41. The Morgan fingerprint density at radius 3 is 2.80 bits per heavy atom. The number of rotatable bonds is 4. The lowest BCUT2D eigenvalue weighted by Crippen LogP contribution is -2.47. The van der Waals surface area contributed by atoms with E-state index >= 15 is 0 Å². The first-order chi connectivity index (χ1) is 14.5. The molecule has 1 atom stereocenters. The number of carbonyl (C=O) groups excluding carboxylic acids is 3. The number of hydrogen-bond donors (Lipinski definition) is 2. The van der Waals surface area contributed by atoms with Gasteiger partial charge in [-0.25, -0.2) is 0 Å². The van der Waals surface area contributed by atoms with Crippen LogP contribution in [0.5, 0.6) is 0 Å². The summed E-state index contributed by atoms with van der Waals surface area (Å²) in [6.45, 7) is -0.0549. The molecule has 30 heavy (non-hydrogen) atoms. The molecule has 1 aliphatic rings. The van der Waals surface area contributed by atoms with Crippen LogP contribution in [0.4, 0.5) is 5.69 Å². The van der Waals surface area contributed by atoms with Crippen LogP contribution in [0.15, 0.2) is 54.9 Å². The van der Waals surface area contributed by atoms with Gasteiger partial charge in [0.1, 0.15) is 0 Å². The summed E-state index contributed by atoms with van der Waals surface area (Å²) in [6.07, 6.45) is 3.32. The molecule has 2 N–H and O–H groups in total. The summed E-state index contributed by atoms with van der Waals surface area (Å²) in [6, 6.07) is 12.4. The highest BCUT2D eigenvalue weighted by Crippen LogP contribution is 2.32. The molecule has 0 saturated heterocycles. The average Bonchev–Trinajstić information content (AvgIpc) is 2.75. The van der Waals surface area contributed by atoms with Crippen LogP contribution in [-0.2, 0) is 9.59 Å². The summed E-state index contributed by atoms with van der Waals surface area (Å²) in [4.78, 5) is 43.6. The predicted octanol–water partition coefficient (Wildman–Crippen LogP) is 2.81. The Morgan fingerprint density at radius 2 is 2.00 bits per heavy atom. The molecule has 0 fully saturated rings. The number of carbonyl (C=O) groups is 3. The number of amides is 3. The standard InChI is InChI=1S/C22H19ClN4O3/c1-24-20(28)12-27-11-18(17-8-14(23)6-7-16(17)22(27)30)21(29)26-19-10-25-9-13-4-2-3-5-15(13)19/h2-10,18H,11-12H2,1H3,(H,24,28)(H,26,29)/t18-/m1/s1. The van der Waals surface area contributed by atoms with Crippen LogP contribution >= 0.6 is 11.6 Å². The number of hydrogen-bond acceptors (Lipinski definition) is 4. The van der Waals surface area contributed by atoms with Gasteiger partial charge in [0.25, 0.3) is 5.91 Å². The number of likely N-dealkylation sites (N-methyl/N-ethyl adjacent to an activating group) is 1. The zero-order valence-electron chi connectivity index (χ0n) is 16.2. The number of nitrogens with one attached hydrogen (secondary N) is 2. The van der Waals surface area contributed by atoms with Crippen molar-refractivity contribution in [2.75, 3.05) is 25.5 Å². The lowest BCUT2D eigenvalue weighted by Gasteiger charge is -2.33. The molecular formula is C22H19ClN4O3. The van der Waals surface area contributed by atoms with Gasteiger partial charge in [0.05, 0.1) is 24.3 Å². The molecule has 0 spiro atoms. The van der Waals surface area contributed by atoms with E-state index in [0.29, 0.717) is 21.8 Å². The summed E-state index contributed by atoms with van der Waals surface area (Å²) in [5.41, 5.74) is 1.49. The third kappa shape index (κ3) is 3.71. The number of halogens is 1. The Balaban J connectivity index is 1.69. The summed E-state index contributed by atoms with van der Waals surface area (Å²) < 4.78 is 0. The van der Waals surface area contributed by atoms with Crippen LogP contribution in [-0.4, -0.2) is 47.7 Å². The van der Waals surface area contributed by atoms with Gasteiger partial charge in [0.2, 0.25) is 11.8 Å². The minimum Gasteiger partial charge on any atom is -0.358 e. The minimum atomic E-state index is -0.681. The van der Waals surface area contributed by atoms with E-state index in [1.165, 1.54) is 11.9 Å². The lowest BCUT2D eigenvalue weighted by molar-refractivity contribution is -0.122. The Bertz CT molecular complexity index is 1160. The van der Waals surface area contributed by atoms with E-state index in [9.17, 15) is 14.4 Å². The quantitative estimate of drug-likeness (QED) is 0.676. The first kappa shape index (κ1) is 19.8. The Hall–Kier alpha value is -3.45. The van der Waals surface area contributed by atoms with Crippen LogP contribution in [0.3, 0.4) is 0 Å². The third-order valence-electron chi connectivity index (χ3n) is 5.17. The van der Waals surface area contributed by atoms with E-state index in [2.05, 4.69) is 15.6 Å². The predicted molar refractivity (Wildman–Crippen MR) is 115 cm³/mol. The summed E-state index contributed by atoms with van der Waals surface area (Å²) in [7, 11) is 1.50. The summed E-state index contributed by atoms with van der Waals surface area (Å²) >= 11 is 6.15. The molecule has 3 aromatic rings. The van der Waals surface area contributed by atoms with Crippen molar-refractivity contribution in [1.82, 2.24) is 15.2 Å². The van der Waals surface area contributed by atoms with Crippen LogP contribution in [0.25, 0.3) is 10.8 Å². The Morgan fingerprint density at radius 1 is 1.20 bits per heavy atom. The van der Waals surface area contributed by atoms with Gasteiger partial charge in [-0.1, -0.05) is 35.9 Å². The third-order valence-corrected chi connectivity index (χ3v) is 5.40. The van der Waals surface area contributed by atoms with Gasteiger partial charge in [0, 0.05) is 41.1 Å². The number of pyridine rings is 1. The van der Waals surface area contributed by atoms with Gasteiger partial charge in [-0.3, -0.25) is 19.4 Å². The molecule has 0 aliphatic carbocycles. The molecule has 1 aliphatic heterocycles. The monoisotopic (exact) mass is 422 g/mol. The van der Waals surface area contributed by atoms with Crippen molar-refractivity contribution in [3.63, 3.8) is 0 Å². The van der Waals surface area contributed by atoms with E-state index in [4.69, 9.17) is 11.6 Å². The fraction of sp³-hybridized carbons (Fsp3) is 0.182.